The van der Waals surface area contributed by atoms with Gasteiger partial charge in [-0.25, -0.2) is 9.79 Å². The Labute approximate surface area is 160 Å². The van der Waals surface area contributed by atoms with Crippen LogP contribution in [0.25, 0.3) is 0 Å². The largest absolute Gasteiger partial charge is 0.496 e. The topological polar surface area (TPSA) is 105 Å². The first-order valence-electron chi connectivity index (χ1n) is 8.09. The minimum Gasteiger partial charge on any atom is -0.496 e. The molecule has 142 valence electrons. The highest BCUT2D eigenvalue weighted by atomic mass is 32.2. The normalized spacial score (nSPS) is 20.2. The molecule has 0 atom stereocenters. The van der Waals surface area contributed by atoms with Crippen LogP contribution in [0.5, 0.6) is 5.75 Å². The summed E-state index contributed by atoms with van der Waals surface area (Å²) in [6.45, 7) is 1.69. The number of esters is 1. The zero-order chi connectivity index (χ0) is 19.2. The van der Waals surface area contributed by atoms with Crippen molar-refractivity contribution >= 4 is 34.8 Å². The number of amides is 1. The summed E-state index contributed by atoms with van der Waals surface area (Å²) in [5.41, 5.74) is 1.07. The van der Waals surface area contributed by atoms with Crippen LogP contribution in [0.1, 0.15) is 5.56 Å². The highest BCUT2D eigenvalue weighted by Gasteiger charge is 2.26. The summed E-state index contributed by atoms with van der Waals surface area (Å²) >= 11 is 1.06. The van der Waals surface area contributed by atoms with Gasteiger partial charge in [0.05, 0.1) is 32.5 Å². The van der Waals surface area contributed by atoms with E-state index in [1.165, 1.54) is 7.11 Å². The van der Waals surface area contributed by atoms with Gasteiger partial charge in [0, 0.05) is 18.2 Å². The number of rotatable bonds is 4. The van der Waals surface area contributed by atoms with E-state index >= 15 is 0 Å². The molecular formula is C17H19N5O4S. The number of carbonyl (C=O) groups is 2. The van der Waals surface area contributed by atoms with Crippen molar-refractivity contribution in [3.63, 3.8) is 0 Å². The van der Waals surface area contributed by atoms with Gasteiger partial charge in [0.2, 0.25) is 5.96 Å². The fraction of sp³-hybridized carbons (Fsp3) is 0.294. The number of para-hydroxylation sites is 1. The first-order valence-corrected chi connectivity index (χ1v) is 8.91. The number of benzene rings is 1. The van der Waals surface area contributed by atoms with Crippen LogP contribution in [0.15, 0.2) is 45.2 Å². The third-order valence-corrected chi connectivity index (χ3v) is 4.69. The van der Waals surface area contributed by atoms with Crippen LogP contribution in [0.2, 0.25) is 0 Å². The molecule has 0 spiro atoms. The Balaban J connectivity index is 1.61. The van der Waals surface area contributed by atoms with Crippen molar-refractivity contribution in [2.24, 2.45) is 9.98 Å². The number of nitrogens with zero attached hydrogens (tertiary/aromatic N) is 3. The number of hydrogen-bond donors (Lipinski definition) is 2. The molecule has 10 heteroatoms. The van der Waals surface area contributed by atoms with Gasteiger partial charge in [-0.3, -0.25) is 9.69 Å². The Morgan fingerprint density at radius 2 is 2.22 bits per heavy atom. The Hall–Kier alpha value is -2.85. The van der Waals surface area contributed by atoms with Crippen LogP contribution in [-0.4, -0.2) is 55.5 Å². The van der Waals surface area contributed by atoms with E-state index in [9.17, 15) is 9.59 Å². The highest BCUT2D eigenvalue weighted by Crippen LogP contribution is 2.23. The Kier molecular flexibility index (Phi) is 6.09. The number of aliphatic imine (C=N–C) groups is 2. The van der Waals surface area contributed by atoms with E-state index in [0.717, 1.165) is 29.2 Å². The van der Waals surface area contributed by atoms with Crippen LogP contribution in [-0.2, 0) is 20.9 Å². The van der Waals surface area contributed by atoms with Crippen molar-refractivity contribution in [2.45, 2.75) is 6.54 Å². The monoisotopic (exact) mass is 389 g/mol. The smallest absolute Gasteiger partial charge is 0.331 e. The van der Waals surface area contributed by atoms with E-state index in [1.807, 2.05) is 24.3 Å². The maximum Gasteiger partial charge on any atom is 0.331 e. The standard InChI is InChI=1S/C17H19N5O4S/c1-25-12-6-4-3-5-11(12)8-22-9-18-16(19-10-22)21-17-20-15(24)13(27-17)7-14(23)26-2/h3-7H,8-10H2,1-2H3,(H2,18,19,20,21,24). The quantitative estimate of drug-likeness (QED) is 0.575. The summed E-state index contributed by atoms with van der Waals surface area (Å²) in [7, 11) is 2.90. The maximum absolute atomic E-state index is 11.8. The van der Waals surface area contributed by atoms with Crippen molar-refractivity contribution in [3.05, 3.63) is 40.8 Å². The lowest BCUT2D eigenvalue weighted by molar-refractivity contribution is -0.135. The minimum absolute atomic E-state index is 0.231. The van der Waals surface area contributed by atoms with Crippen molar-refractivity contribution < 1.29 is 19.1 Å². The van der Waals surface area contributed by atoms with E-state index in [1.54, 1.807) is 7.11 Å². The molecule has 1 aromatic carbocycles. The van der Waals surface area contributed by atoms with Crippen molar-refractivity contribution in [2.75, 3.05) is 27.6 Å². The number of guanidine groups is 1. The van der Waals surface area contributed by atoms with Crippen LogP contribution in [0.3, 0.4) is 0 Å². The summed E-state index contributed by atoms with van der Waals surface area (Å²) in [6, 6.07) is 7.83. The second kappa shape index (κ2) is 8.69. The molecule has 0 unspecified atom stereocenters. The minimum atomic E-state index is -0.589. The van der Waals surface area contributed by atoms with E-state index < -0.39 is 11.9 Å². The maximum atomic E-state index is 11.8. The summed E-state index contributed by atoms with van der Waals surface area (Å²) < 4.78 is 9.89. The molecule has 2 heterocycles. The zero-order valence-electron chi connectivity index (χ0n) is 14.9. The molecule has 2 N–H and O–H groups in total. The van der Waals surface area contributed by atoms with Crippen LogP contribution >= 0.6 is 11.8 Å². The molecule has 9 nitrogen and oxygen atoms in total. The lowest BCUT2D eigenvalue weighted by Crippen LogP contribution is -2.42. The summed E-state index contributed by atoms with van der Waals surface area (Å²) in [5.74, 6) is 0.281. The Morgan fingerprint density at radius 3 is 2.93 bits per heavy atom. The van der Waals surface area contributed by atoms with Crippen LogP contribution in [0.4, 0.5) is 0 Å². The van der Waals surface area contributed by atoms with E-state index in [-0.39, 0.29) is 4.91 Å². The average Bonchev–Trinajstić information content (AvgIpc) is 3.02. The lowest BCUT2D eigenvalue weighted by Gasteiger charge is -2.25. The summed E-state index contributed by atoms with van der Waals surface area (Å²) in [5, 5.41) is 6.06. The first kappa shape index (κ1) is 18.9. The predicted octanol–water partition coefficient (Wildman–Crippen LogP) is 0.647. The first-order chi connectivity index (χ1) is 13.1. The third-order valence-electron chi connectivity index (χ3n) is 3.78. The molecule has 1 aromatic rings. The molecule has 0 saturated carbocycles. The van der Waals surface area contributed by atoms with Gasteiger partial charge in [-0.15, -0.1) is 0 Å². The third kappa shape index (κ3) is 4.86. The van der Waals surface area contributed by atoms with E-state index in [2.05, 4.69) is 30.3 Å². The molecule has 27 heavy (non-hydrogen) atoms. The number of thioether (sulfide) groups is 1. The highest BCUT2D eigenvalue weighted by molar-refractivity contribution is 8.18. The molecule has 0 bridgehead atoms. The van der Waals surface area contributed by atoms with Gasteiger partial charge in [0.1, 0.15) is 5.75 Å². The number of nitrogens with one attached hydrogen (secondary N) is 2. The van der Waals surface area contributed by atoms with Gasteiger partial charge in [0.25, 0.3) is 5.91 Å². The second-order valence-electron chi connectivity index (χ2n) is 5.60. The Bertz CT molecular complexity index is 836. The molecule has 2 aliphatic rings. The number of amidine groups is 1. The van der Waals surface area contributed by atoms with Gasteiger partial charge in [-0.1, -0.05) is 18.2 Å². The Morgan fingerprint density at radius 1 is 1.41 bits per heavy atom. The molecule has 1 fully saturated rings. The zero-order valence-corrected chi connectivity index (χ0v) is 15.7. The molecular weight excluding hydrogens is 370 g/mol. The average molecular weight is 389 g/mol. The SMILES string of the molecule is COC(=O)C=C1SC(=NC2=NCN(Cc3ccccc3OC)CN2)NC1=O. The van der Waals surface area contributed by atoms with Crippen LogP contribution in [0, 0.1) is 0 Å². The van der Waals surface area contributed by atoms with Crippen LogP contribution < -0.4 is 15.4 Å². The summed E-state index contributed by atoms with van der Waals surface area (Å²) in [6.07, 6.45) is 1.13. The number of methoxy groups -OCH3 is 2. The number of carbonyl (C=O) groups excluding carboxylic acids is 2. The van der Waals surface area contributed by atoms with Gasteiger partial charge in [0.15, 0.2) is 5.17 Å². The van der Waals surface area contributed by atoms with Crippen molar-refractivity contribution in [1.29, 1.82) is 0 Å². The van der Waals surface area contributed by atoms with Gasteiger partial charge >= 0.3 is 5.97 Å². The summed E-state index contributed by atoms with van der Waals surface area (Å²) in [4.78, 5) is 34.1. The molecule has 0 radical (unpaired) electrons. The van der Waals surface area contributed by atoms with E-state index in [4.69, 9.17) is 4.74 Å². The molecule has 3 rings (SSSR count). The van der Waals surface area contributed by atoms with E-state index in [0.29, 0.717) is 31.0 Å². The lowest BCUT2D eigenvalue weighted by atomic mass is 10.2. The number of ether oxygens (including phenoxy) is 2. The fourth-order valence-corrected chi connectivity index (χ4v) is 3.24. The van der Waals surface area contributed by atoms with Gasteiger partial charge in [-0.2, -0.15) is 4.99 Å². The predicted molar refractivity (Wildman–Crippen MR) is 102 cm³/mol. The molecule has 0 aromatic heterocycles. The fourth-order valence-electron chi connectivity index (χ4n) is 2.45. The van der Waals surface area contributed by atoms with Gasteiger partial charge in [-0.05, 0) is 17.8 Å². The molecule has 0 aliphatic carbocycles. The van der Waals surface area contributed by atoms with Crippen molar-refractivity contribution in [1.82, 2.24) is 15.5 Å². The molecule has 1 amide bonds. The van der Waals surface area contributed by atoms with Gasteiger partial charge < -0.3 is 20.1 Å². The second-order valence-corrected chi connectivity index (χ2v) is 6.63. The molecule has 1 saturated heterocycles. The molecule has 2 aliphatic heterocycles. The van der Waals surface area contributed by atoms with Crippen molar-refractivity contribution in [3.8, 4) is 5.75 Å². The number of hydrogen-bond acceptors (Lipinski definition) is 9.